The van der Waals surface area contributed by atoms with Crippen LogP contribution in [-0.4, -0.2) is 20.7 Å². The maximum atomic E-state index is 12.6. The van der Waals surface area contributed by atoms with Crippen molar-refractivity contribution in [1.29, 1.82) is 0 Å². The molecule has 3 aromatic rings. The smallest absolute Gasteiger partial charge is 0.342 e. The van der Waals surface area contributed by atoms with Crippen LogP contribution in [0.2, 0.25) is 0 Å². The fourth-order valence-corrected chi connectivity index (χ4v) is 3.66. The van der Waals surface area contributed by atoms with Gasteiger partial charge in [-0.15, -0.1) is 11.3 Å². The van der Waals surface area contributed by atoms with Gasteiger partial charge in [0.2, 0.25) is 0 Å². The molecule has 0 amide bonds. The van der Waals surface area contributed by atoms with E-state index in [1.165, 1.54) is 0 Å². The Bertz CT molecular complexity index is 897. The van der Waals surface area contributed by atoms with Gasteiger partial charge in [0.15, 0.2) is 0 Å². The minimum atomic E-state index is -0.334. The zero-order valence-electron chi connectivity index (χ0n) is 14.9. The number of hydrogen-bond acceptors (Lipinski definition) is 5. The first-order valence-corrected chi connectivity index (χ1v) is 8.95. The maximum Gasteiger partial charge on any atom is 0.342 e. The quantitative estimate of drug-likeness (QED) is 0.650. The number of nitrogens with zero attached hydrogens (tertiary/aromatic N) is 3. The molecule has 1 aromatic carbocycles. The van der Waals surface area contributed by atoms with Crippen LogP contribution in [0.25, 0.3) is 0 Å². The second-order valence-electron chi connectivity index (χ2n) is 6.01. The highest BCUT2D eigenvalue weighted by Gasteiger charge is 2.20. The lowest BCUT2D eigenvalue weighted by molar-refractivity contribution is 0.0474. The summed E-state index contributed by atoms with van der Waals surface area (Å²) in [4.78, 5) is 17.9. The van der Waals surface area contributed by atoms with Crippen LogP contribution < -0.4 is 0 Å². The number of hydrogen-bond donors (Lipinski definition) is 0. The predicted molar refractivity (Wildman–Crippen MR) is 98.0 cm³/mol. The molecule has 0 N–H and O–H groups in total. The molecule has 0 spiro atoms. The van der Waals surface area contributed by atoms with Crippen molar-refractivity contribution in [3.05, 3.63) is 68.4 Å². The van der Waals surface area contributed by atoms with Crippen LogP contribution in [0.3, 0.4) is 0 Å². The molecule has 0 aliphatic heterocycles. The highest BCUT2D eigenvalue weighted by Crippen LogP contribution is 2.20. The van der Waals surface area contributed by atoms with Crippen LogP contribution >= 0.6 is 11.3 Å². The molecule has 130 valence electrons. The standard InChI is InChI=1S/C19H21N3O2S/c1-12-17(25-15(4)20-12)11-24-19(23)18-13(2)21-22(14(18)3)10-16-8-6-5-7-9-16/h5-9H,10-11H2,1-4H3. The van der Waals surface area contributed by atoms with E-state index in [-0.39, 0.29) is 12.6 Å². The Hall–Kier alpha value is -2.47. The molecule has 0 aliphatic carbocycles. The molecule has 0 radical (unpaired) electrons. The number of thiazole rings is 1. The predicted octanol–water partition coefficient (Wildman–Crippen LogP) is 3.98. The second kappa shape index (κ2) is 7.19. The van der Waals surface area contributed by atoms with Crippen molar-refractivity contribution >= 4 is 17.3 Å². The van der Waals surface area contributed by atoms with Crippen LogP contribution in [0.5, 0.6) is 0 Å². The lowest BCUT2D eigenvalue weighted by Crippen LogP contribution is -2.09. The van der Waals surface area contributed by atoms with Gasteiger partial charge in [0.25, 0.3) is 0 Å². The molecule has 6 heteroatoms. The average Bonchev–Trinajstić information content (AvgIpc) is 3.04. The number of carbonyl (C=O) groups excluding carboxylic acids is 1. The van der Waals surface area contributed by atoms with E-state index in [0.29, 0.717) is 17.8 Å². The Balaban J connectivity index is 1.75. The van der Waals surface area contributed by atoms with E-state index in [9.17, 15) is 4.79 Å². The molecule has 0 atom stereocenters. The van der Waals surface area contributed by atoms with Crippen molar-refractivity contribution in [3.8, 4) is 0 Å². The average molecular weight is 355 g/mol. The minimum absolute atomic E-state index is 0.249. The Labute approximate surface area is 151 Å². The molecule has 3 rings (SSSR count). The van der Waals surface area contributed by atoms with Crippen molar-refractivity contribution in [2.24, 2.45) is 0 Å². The zero-order valence-corrected chi connectivity index (χ0v) is 15.7. The molecule has 0 saturated carbocycles. The fourth-order valence-electron chi connectivity index (χ4n) is 2.81. The van der Waals surface area contributed by atoms with E-state index in [2.05, 4.69) is 10.1 Å². The number of carbonyl (C=O) groups is 1. The third-order valence-electron chi connectivity index (χ3n) is 4.09. The maximum absolute atomic E-state index is 12.6. The van der Waals surface area contributed by atoms with Gasteiger partial charge in [0.1, 0.15) is 12.2 Å². The summed E-state index contributed by atoms with van der Waals surface area (Å²) in [6.07, 6.45) is 0. The summed E-state index contributed by atoms with van der Waals surface area (Å²) >= 11 is 1.56. The van der Waals surface area contributed by atoms with Crippen molar-refractivity contribution in [3.63, 3.8) is 0 Å². The second-order valence-corrected chi connectivity index (χ2v) is 7.29. The van der Waals surface area contributed by atoms with Gasteiger partial charge in [-0.25, -0.2) is 9.78 Å². The fraction of sp³-hybridized carbons (Fsp3) is 0.316. The Morgan fingerprint density at radius 1 is 1.12 bits per heavy atom. The highest BCUT2D eigenvalue weighted by molar-refractivity contribution is 7.11. The zero-order chi connectivity index (χ0) is 18.0. The highest BCUT2D eigenvalue weighted by atomic mass is 32.1. The molecule has 2 heterocycles. The normalized spacial score (nSPS) is 10.9. The number of ether oxygens (including phenoxy) is 1. The largest absolute Gasteiger partial charge is 0.456 e. The van der Waals surface area contributed by atoms with Gasteiger partial charge in [-0.3, -0.25) is 4.68 Å². The van der Waals surface area contributed by atoms with Gasteiger partial charge in [-0.05, 0) is 33.3 Å². The Morgan fingerprint density at radius 3 is 2.48 bits per heavy atom. The van der Waals surface area contributed by atoms with E-state index < -0.39 is 0 Å². The number of aromatic nitrogens is 3. The number of benzene rings is 1. The molecular weight excluding hydrogens is 334 g/mol. The molecule has 0 fully saturated rings. The van der Waals surface area contributed by atoms with Crippen LogP contribution in [0.4, 0.5) is 0 Å². The van der Waals surface area contributed by atoms with Gasteiger partial charge in [-0.2, -0.15) is 5.10 Å². The van der Waals surface area contributed by atoms with Crippen LogP contribution in [0.15, 0.2) is 30.3 Å². The van der Waals surface area contributed by atoms with Crippen LogP contribution in [0.1, 0.15) is 42.9 Å². The summed E-state index contributed by atoms with van der Waals surface area (Å²) in [7, 11) is 0. The molecule has 0 bridgehead atoms. The van der Waals surface area contributed by atoms with Gasteiger partial charge < -0.3 is 4.74 Å². The molecule has 25 heavy (non-hydrogen) atoms. The van der Waals surface area contributed by atoms with E-state index in [4.69, 9.17) is 4.74 Å². The van der Waals surface area contributed by atoms with Gasteiger partial charge in [0.05, 0.1) is 33.5 Å². The molecule has 0 aliphatic rings. The SMILES string of the molecule is Cc1nc(C)c(COC(=O)c2c(C)nn(Cc3ccccc3)c2C)s1. The van der Waals surface area contributed by atoms with Crippen LogP contribution in [0, 0.1) is 27.7 Å². The Morgan fingerprint density at radius 2 is 1.84 bits per heavy atom. The van der Waals surface area contributed by atoms with Crippen molar-refractivity contribution in [2.75, 3.05) is 0 Å². The third kappa shape index (κ3) is 3.79. The topological polar surface area (TPSA) is 57.0 Å². The van der Waals surface area contributed by atoms with Crippen molar-refractivity contribution < 1.29 is 9.53 Å². The first-order chi connectivity index (χ1) is 12.0. The van der Waals surface area contributed by atoms with Gasteiger partial charge >= 0.3 is 5.97 Å². The van der Waals surface area contributed by atoms with E-state index in [1.54, 1.807) is 11.3 Å². The summed E-state index contributed by atoms with van der Waals surface area (Å²) < 4.78 is 7.36. The first-order valence-electron chi connectivity index (χ1n) is 8.13. The van der Waals surface area contributed by atoms with Crippen molar-refractivity contribution in [2.45, 2.75) is 40.8 Å². The van der Waals surface area contributed by atoms with Gasteiger partial charge in [-0.1, -0.05) is 30.3 Å². The number of rotatable bonds is 5. The van der Waals surface area contributed by atoms with Gasteiger partial charge in [0, 0.05) is 0 Å². The molecular formula is C19H21N3O2S. The van der Waals surface area contributed by atoms with E-state index in [1.807, 2.05) is 62.7 Å². The molecule has 5 nitrogen and oxygen atoms in total. The van der Waals surface area contributed by atoms with Crippen molar-refractivity contribution in [1.82, 2.24) is 14.8 Å². The van der Waals surface area contributed by atoms with Crippen LogP contribution in [-0.2, 0) is 17.9 Å². The third-order valence-corrected chi connectivity index (χ3v) is 5.14. The number of aryl methyl sites for hydroxylation is 3. The molecule has 2 aromatic heterocycles. The summed E-state index contributed by atoms with van der Waals surface area (Å²) in [5, 5.41) is 5.49. The summed E-state index contributed by atoms with van der Waals surface area (Å²) in [5.41, 5.74) is 4.13. The monoisotopic (exact) mass is 355 g/mol. The summed E-state index contributed by atoms with van der Waals surface area (Å²) in [6, 6.07) is 10.1. The lowest BCUT2D eigenvalue weighted by Gasteiger charge is -2.06. The van der Waals surface area contributed by atoms with E-state index in [0.717, 1.165) is 26.8 Å². The lowest BCUT2D eigenvalue weighted by atomic mass is 10.2. The number of esters is 1. The van der Waals surface area contributed by atoms with E-state index >= 15 is 0 Å². The first kappa shape index (κ1) is 17.4. The molecule has 0 saturated heterocycles. The minimum Gasteiger partial charge on any atom is -0.456 e. The summed E-state index contributed by atoms with van der Waals surface area (Å²) in [6.45, 7) is 8.51. The summed E-state index contributed by atoms with van der Waals surface area (Å²) in [5.74, 6) is -0.334. The Kier molecular flexibility index (Phi) is 4.99. The molecule has 0 unspecified atom stereocenters.